The Balaban J connectivity index is 2.27. The molecule has 1 fully saturated rings. The van der Waals surface area contributed by atoms with E-state index in [0.29, 0.717) is 13.0 Å². The molecule has 1 heterocycles. The highest BCUT2D eigenvalue weighted by atomic mass is 16.1. The Kier molecular flexibility index (Phi) is 4.86. The molecule has 0 aromatic heterocycles. The van der Waals surface area contributed by atoms with Crippen LogP contribution in [0.3, 0.4) is 0 Å². The number of primary amides is 1. The first-order valence-electron chi connectivity index (χ1n) is 5.22. The number of hydrazine groups is 1. The molecule has 1 aliphatic rings. The van der Waals surface area contributed by atoms with Crippen molar-refractivity contribution >= 4 is 5.91 Å². The maximum absolute atomic E-state index is 10.7. The van der Waals surface area contributed by atoms with Crippen LogP contribution < -0.4 is 16.9 Å². The van der Waals surface area contributed by atoms with Gasteiger partial charge in [-0.15, -0.1) is 0 Å². The zero-order chi connectivity index (χ0) is 10.4. The third-order valence-corrected chi connectivity index (χ3v) is 2.45. The summed E-state index contributed by atoms with van der Waals surface area (Å²) in [4.78, 5) is 10.7. The van der Waals surface area contributed by atoms with Crippen molar-refractivity contribution in [3.05, 3.63) is 0 Å². The number of amides is 1. The van der Waals surface area contributed by atoms with Crippen LogP contribution >= 0.6 is 0 Å². The number of rotatable bonds is 5. The van der Waals surface area contributed by atoms with Crippen LogP contribution in [0, 0.1) is 0 Å². The van der Waals surface area contributed by atoms with E-state index in [0.717, 1.165) is 13.1 Å². The minimum atomic E-state index is -0.301. The minimum absolute atomic E-state index is 0.00870. The van der Waals surface area contributed by atoms with E-state index in [-0.39, 0.29) is 11.9 Å². The summed E-state index contributed by atoms with van der Waals surface area (Å²) in [6.45, 7) is 2.52. The Morgan fingerprint density at radius 3 is 2.50 bits per heavy atom. The van der Waals surface area contributed by atoms with Crippen molar-refractivity contribution in [2.45, 2.75) is 31.7 Å². The van der Waals surface area contributed by atoms with Crippen molar-refractivity contribution in [3.8, 4) is 0 Å². The van der Waals surface area contributed by atoms with Crippen LogP contribution in [-0.4, -0.2) is 36.6 Å². The summed E-state index contributed by atoms with van der Waals surface area (Å²) >= 11 is 0. The van der Waals surface area contributed by atoms with E-state index in [2.05, 4.69) is 10.4 Å². The topological polar surface area (TPSA) is 84.4 Å². The van der Waals surface area contributed by atoms with Gasteiger partial charge >= 0.3 is 0 Å². The minimum Gasteiger partial charge on any atom is -0.370 e. The zero-order valence-electron chi connectivity index (χ0n) is 8.54. The highest BCUT2D eigenvalue weighted by Crippen LogP contribution is 2.06. The van der Waals surface area contributed by atoms with Gasteiger partial charge in [-0.1, -0.05) is 6.42 Å². The van der Waals surface area contributed by atoms with Crippen LogP contribution in [0.25, 0.3) is 0 Å². The zero-order valence-corrected chi connectivity index (χ0v) is 8.54. The Bertz CT molecular complexity index is 180. The van der Waals surface area contributed by atoms with Gasteiger partial charge in [-0.05, 0) is 12.8 Å². The summed E-state index contributed by atoms with van der Waals surface area (Å²) in [5, 5.41) is 2.14. The second kappa shape index (κ2) is 5.95. The number of nitrogens with one attached hydrogen (secondary N) is 1. The molecule has 14 heavy (non-hydrogen) atoms. The third kappa shape index (κ3) is 4.04. The maximum Gasteiger partial charge on any atom is 0.219 e. The van der Waals surface area contributed by atoms with Crippen molar-refractivity contribution in [3.63, 3.8) is 0 Å². The quantitative estimate of drug-likeness (QED) is 0.541. The predicted octanol–water partition coefficient (Wildman–Crippen LogP) is -0.820. The largest absolute Gasteiger partial charge is 0.370 e. The van der Waals surface area contributed by atoms with Crippen molar-refractivity contribution in [2.24, 2.45) is 11.5 Å². The Morgan fingerprint density at radius 2 is 2.00 bits per heavy atom. The molecule has 1 atom stereocenters. The highest BCUT2D eigenvalue weighted by molar-refractivity contribution is 5.74. The lowest BCUT2D eigenvalue weighted by Crippen LogP contribution is -2.51. The van der Waals surface area contributed by atoms with Crippen LogP contribution in [0.1, 0.15) is 25.7 Å². The Labute approximate surface area is 84.8 Å². The van der Waals surface area contributed by atoms with Gasteiger partial charge in [0.15, 0.2) is 0 Å². The molecule has 82 valence electrons. The summed E-state index contributed by atoms with van der Waals surface area (Å²) in [5.41, 5.74) is 13.9. The fraction of sp³-hybridized carbons (Fsp3) is 0.889. The molecule has 1 amide bonds. The van der Waals surface area contributed by atoms with Crippen molar-refractivity contribution in [2.75, 3.05) is 19.6 Å². The summed E-state index contributed by atoms with van der Waals surface area (Å²) in [6.07, 6.45) is 4.02. The van der Waals surface area contributed by atoms with Gasteiger partial charge in [0.2, 0.25) is 5.91 Å². The van der Waals surface area contributed by atoms with Crippen LogP contribution in [0.15, 0.2) is 0 Å². The third-order valence-electron chi connectivity index (χ3n) is 2.45. The van der Waals surface area contributed by atoms with Crippen molar-refractivity contribution in [1.82, 2.24) is 10.4 Å². The van der Waals surface area contributed by atoms with Gasteiger partial charge in [0.1, 0.15) is 0 Å². The number of carbonyl (C=O) groups excluding carboxylic acids is 1. The average molecular weight is 200 g/mol. The van der Waals surface area contributed by atoms with E-state index in [9.17, 15) is 4.79 Å². The van der Waals surface area contributed by atoms with Gasteiger partial charge in [-0.2, -0.15) is 0 Å². The molecule has 5 N–H and O–H groups in total. The molecule has 1 rings (SSSR count). The SMILES string of the molecule is NCC(CC(N)=O)NN1CCCCC1. The van der Waals surface area contributed by atoms with Crippen LogP contribution in [0.4, 0.5) is 0 Å². The smallest absolute Gasteiger partial charge is 0.219 e. The van der Waals surface area contributed by atoms with Gasteiger partial charge < -0.3 is 11.5 Å². The number of nitrogens with two attached hydrogens (primary N) is 2. The highest BCUT2D eigenvalue weighted by Gasteiger charge is 2.15. The molecule has 5 nitrogen and oxygen atoms in total. The number of hydrogen-bond donors (Lipinski definition) is 3. The van der Waals surface area contributed by atoms with E-state index in [1.165, 1.54) is 19.3 Å². The summed E-state index contributed by atoms with van der Waals surface area (Å²) in [7, 11) is 0. The first-order valence-corrected chi connectivity index (χ1v) is 5.22. The molecule has 1 saturated heterocycles. The molecule has 1 unspecified atom stereocenters. The Morgan fingerprint density at radius 1 is 1.36 bits per heavy atom. The number of piperidine rings is 1. The molecular weight excluding hydrogens is 180 g/mol. The normalized spacial score (nSPS) is 20.6. The molecule has 5 heteroatoms. The summed E-state index contributed by atoms with van der Waals surface area (Å²) in [6, 6.07) is -0.00870. The van der Waals surface area contributed by atoms with E-state index < -0.39 is 0 Å². The molecule has 0 spiro atoms. The molecule has 0 bridgehead atoms. The number of nitrogens with zero attached hydrogens (tertiary/aromatic N) is 1. The van der Waals surface area contributed by atoms with Gasteiger partial charge in [-0.3, -0.25) is 10.2 Å². The lowest BCUT2D eigenvalue weighted by molar-refractivity contribution is -0.118. The van der Waals surface area contributed by atoms with E-state index >= 15 is 0 Å². The first-order chi connectivity index (χ1) is 6.72. The van der Waals surface area contributed by atoms with E-state index in [1.54, 1.807) is 0 Å². The van der Waals surface area contributed by atoms with E-state index in [1.807, 2.05) is 0 Å². The van der Waals surface area contributed by atoms with Gasteiger partial charge in [-0.25, -0.2) is 5.01 Å². The fourth-order valence-electron chi connectivity index (χ4n) is 1.71. The fourth-order valence-corrected chi connectivity index (χ4v) is 1.71. The molecule has 0 aromatic rings. The predicted molar refractivity (Wildman–Crippen MR) is 55.2 cm³/mol. The molecular formula is C9H20N4O. The molecule has 0 radical (unpaired) electrons. The second-order valence-corrected chi connectivity index (χ2v) is 3.78. The van der Waals surface area contributed by atoms with Crippen LogP contribution in [-0.2, 0) is 4.79 Å². The van der Waals surface area contributed by atoms with Crippen molar-refractivity contribution < 1.29 is 4.79 Å². The van der Waals surface area contributed by atoms with Gasteiger partial charge in [0, 0.05) is 32.1 Å². The second-order valence-electron chi connectivity index (χ2n) is 3.78. The number of hydrogen-bond acceptors (Lipinski definition) is 4. The number of carbonyl (C=O) groups is 1. The molecule has 0 aromatic carbocycles. The maximum atomic E-state index is 10.7. The molecule has 0 aliphatic carbocycles. The summed E-state index contributed by atoms with van der Waals surface area (Å²) < 4.78 is 0. The molecule has 0 saturated carbocycles. The monoisotopic (exact) mass is 200 g/mol. The van der Waals surface area contributed by atoms with Crippen LogP contribution in [0.5, 0.6) is 0 Å². The van der Waals surface area contributed by atoms with Gasteiger partial charge in [0.25, 0.3) is 0 Å². The lowest BCUT2D eigenvalue weighted by atomic mass is 10.1. The average Bonchev–Trinajstić information content (AvgIpc) is 2.17. The lowest BCUT2D eigenvalue weighted by Gasteiger charge is -2.30. The standard InChI is InChI=1S/C9H20N4O/c10-7-8(6-9(11)14)12-13-4-2-1-3-5-13/h8,12H,1-7,10H2,(H2,11,14). The van der Waals surface area contributed by atoms with Crippen LogP contribution in [0.2, 0.25) is 0 Å². The first kappa shape index (κ1) is 11.4. The Hall–Kier alpha value is -0.650. The summed E-state index contributed by atoms with van der Waals surface area (Å²) in [5.74, 6) is -0.301. The van der Waals surface area contributed by atoms with Crippen molar-refractivity contribution in [1.29, 1.82) is 0 Å². The van der Waals surface area contributed by atoms with E-state index in [4.69, 9.17) is 11.5 Å². The van der Waals surface area contributed by atoms with Gasteiger partial charge in [0.05, 0.1) is 0 Å². The molecule has 1 aliphatic heterocycles.